The van der Waals surface area contributed by atoms with Gasteiger partial charge in [0.25, 0.3) is 5.91 Å². The van der Waals surface area contributed by atoms with Crippen LogP contribution in [0.15, 0.2) is 24.3 Å². The monoisotopic (exact) mass is 293 g/mol. The van der Waals surface area contributed by atoms with Crippen LogP contribution >= 0.6 is 0 Å². The van der Waals surface area contributed by atoms with Gasteiger partial charge in [-0.2, -0.15) is 0 Å². The Hall–Kier alpha value is -1.95. The molecule has 114 valence electrons. The van der Waals surface area contributed by atoms with Crippen molar-refractivity contribution in [2.45, 2.75) is 19.4 Å². The molecule has 1 aromatic rings. The van der Waals surface area contributed by atoms with E-state index < -0.39 is 5.82 Å². The largest absolute Gasteiger partial charge is 0.368 e. The average Bonchev–Trinajstić information content (AvgIpc) is 2.71. The molecule has 6 heteroatoms. The van der Waals surface area contributed by atoms with Crippen molar-refractivity contribution < 1.29 is 14.0 Å². The molecule has 1 aromatic carbocycles. The summed E-state index contributed by atoms with van der Waals surface area (Å²) in [7, 11) is 0. The highest BCUT2D eigenvalue weighted by Crippen LogP contribution is 2.12. The molecule has 2 rings (SSSR count). The van der Waals surface area contributed by atoms with Crippen LogP contribution in [-0.4, -0.2) is 53.8 Å². The third kappa shape index (κ3) is 3.78. The summed E-state index contributed by atoms with van der Waals surface area (Å²) in [5, 5.41) is 0. The van der Waals surface area contributed by atoms with Crippen LogP contribution in [0, 0.1) is 5.82 Å². The van der Waals surface area contributed by atoms with Crippen LogP contribution < -0.4 is 5.73 Å². The molecule has 0 spiro atoms. The first kappa shape index (κ1) is 15.4. The Morgan fingerprint density at radius 1 is 1.24 bits per heavy atom. The third-order valence-electron chi connectivity index (χ3n) is 3.85. The molecule has 1 aliphatic heterocycles. The quantitative estimate of drug-likeness (QED) is 0.898. The summed E-state index contributed by atoms with van der Waals surface area (Å²) >= 11 is 0. The molecular formula is C15H20FN3O2. The zero-order chi connectivity index (χ0) is 15.4. The maximum Gasteiger partial charge on any atom is 0.254 e. The highest BCUT2D eigenvalue weighted by molar-refractivity contribution is 5.94. The zero-order valence-corrected chi connectivity index (χ0v) is 12.1. The van der Waals surface area contributed by atoms with E-state index in [2.05, 4.69) is 0 Å². The molecule has 0 aromatic heterocycles. The highest BCUT2D eigenvalue weighted by atomic mass is 19.1. The minimum atomic E-state index is -0.417. The number of rotatable bonds is 3. The lowest BCUT2D eigenvalue weighted by Gasteiger charge is -2.25. The fourth-order valence-electron chi connectivity index (χ4n) is 2.51. The molecule has 2 N–H and O–H groups in total. The van der Waals surface area contributed by atoms with Gasteiger partial charge in [0.2, 0.25) is 5.91 Å². The summed E-state index contributed by atoms with van der Waals surface area (Å²) < 4.78 is 13.2. The molecule has 5 nitrogen and oxygen atoms in total. The predicted molar refractivity (Wildman–Crippen MR) is 77.1 cm³/mol. The smallest absolute Gasteiger partial charge is 0.254 e. The van der Waals surface area contributed by atoms with Crippen molar-refractivity contribution in [2.24, 2.45) is 5.73 Å². The van der Waals surface area contributed by atoms with Gasteiger partial charge in [0.05, 0.1) is 6.04 Å². The molecule has 1 saturated heterocycles. The normalized spacial score (nSPS) is 18.1. The van der Waals surface area contributed by atoms with Gasteiger partial charge >= 0.3 is 0 Å². The molecule has 1 fully saturated rings. The van der Waals surface area contributed by atoms with Gasteiger partial charge in [-0.25, -0.2) is 4.39 Å². The molecule has 1 heterocycles. The number of hydrogen-bond donors (Lipinski definition) is 1. The Morgan fingerprint density at radius 2 is 2.00 bits per heavy atom. The number of primary amides is 1. The maximum atomic E-state index is 13.2. The number of hydrogen-bond acceptors (Lipinski definition) is 3. The lowest BCUT2D eigenvalue weighted by molar-refractivity contribution is -0.122. The van der Waals surface area contributed by atoms with Gasteiger partial charge in [-0.15, -0.1) is 0 Å². The van der Waals surface area contributed by atoms with Gasteiger partial charge in [0, 0.05) is 31.7 Å². The number of nitrogens with zero attached hydrogens (tertiary/aromatic N) is 2. The van der Waals surface area contributed by atoms with Crippen LogP contribution in [0.25, 0.3) is 0 Å². The number of carbonyl (C=O) groups excluding carboxylic acids is 2. The van der Waals surface area contributed by atoms with Crippen molar-refractivity contribution in [1.29, 1.82) is 0 Å². The fraction of sp³-hybridized carbons (Fsp3) is 0.467. The van der Waals surface area contributed by atoms with Gasteiger partial charge < -0.3 is 10.6 Å². The molecule has 0 saturated carbocycles. The van der Waals surface area contributed by atoms with E-state index >= 15 is 0 Å². The van der Waals surface area contributed by atoms with Crippen LogP contribution in [0.5, 0.6) is 0 Å². The van der Waals surface area contributed by atoms with Gasteiger partial charge in [-0.05, 0) is 31.5 Å². The van der Waals surface area contributed by atoms with E-state index in [-0.39, 0.29) is 17.9 Å². The Kier molecular flexibility index (Phi) is 4.90. The molecule has 1 atom stereocenters. The molecule has 0 radical (unpaired) electrons. The SMILES string of the molecule is CC(C(N)=O)N1CCCN(C(=O)c2cccc(F)c2)CC1. The standard InChI is InChI=1S/C15H20FN3O2/c1-11(14(17)20)18-6-3-7-19(9-8-18)15(21)12-4-2-5-13(16)10-12/h2,4-5,10-11H,3,6-9H2,1H3,(H2,17,20). The van der Waals surface area contributed by atoms with Crippen LogP contribution in [0.4, 0.5) is 4.39 Å². The predicted octanol–water partition coefficient (Wildman–Crippen LogP) is 0.847. The number of benzene rings is 1. The fourth-order valence-corrected chi connectivity index (χ4v) is 2.51. The Balaban J connectivity index is 2.03. The third-order valence-corrected chi connectivity index (χ3v) is 3.85. The van der Waals surface area contributed by atoms with E-state index in [1.807, 2.05) is 4.90 Å². The van der Waals surface area contributed by atoms with Crippen LogP contribution in [0.3, 0.4) is 0 Å². The van der Waals surface area contributed by atoms with E-state index in [4.69, 9.17) is 5.73 Å². The molecule has 0 bridgehead atoms. The minimum absolute atomic E-state index is 0.178. The first-order chi connectivity index (χ1) is 9.99. The number of amides is 2. The summed E-state index contributed by atoms with van der Waals surface area (Å²) in [5.41, 5.74) is 5.67. The number of carbonyl (C=O) groups is 2. The summed E-state index contributed by atoms with van der Waals surface area (Å²) in [6.45, 7) is 4.18. The van der Waals surface area contributed by atoms with Crippen molar-refractivity contribution in [1.82, 2.24) is 9.80 Å². The Morgan fingerprint density at radius 3 is 2.67 bits per heavy atom. The van der Waals surface area contributed by atoms with Crippen LogP contribution in [0.1, 0.15) is 23.7 Å². The topological polar surface area (TPSA) is 66.6 Å². The summed E-state index contributed by atoms with van der Waals surface area (Å²) in [4.78, 5) is 27.3. The summed E-state index contributed by atoms with van der Waals surface area (Å²) in [6, 6.07) is 5.36. The van der Waals surface area contributed by atoms with Gasteiger partial charge in [0.15, 0.2) is 0 Å². The second-order valence-electron chi connectivity index (χ2n) is 5.27. The van der Waals surface area contributed by atoms with E-state index in [0.29, 0.717) is 25.2 Å². The molecule has 2 amide bonds. The summed E-state index contributed by atoms with van der Waals surface area (Å²) in [6.07, 6.45) is 0.763. The van der Waals surface area contributed by atoms with E-state index in [1.165, 1.54) is 18.2 Å². The molecule has 21 heavy (non-hydrogen) atoms. The van der Waals surface area contributed by atoms with Crippen LogP contribution in [-0.2, 0) is 4.79 Å². The first-order valence-electron chi connectivity index (χ1n) is 7.07. The minimum Gasteiger partial charge on any atom is -0.368 e. The van der Waals surface area contributed by atoms with Crippen molar-refractivity contribution in [3.05, 3.63) is 35.6 Å². The van der Waals surface area contributed by atoms with Gasteiger partial charge in [-0.1, -0.05) is 6.07 Å². The molecule has 0 aliphatic carbocycles. The van der Waals surface area contributed by atoms with Gasteiger partial charge in [-0.3, -0.25) is 14.5 Å². The van der Waals surface area contributed by atoms with Crippen molar-refractivity contribution in [3.8, 4) is 0 Å². The first-order valence-corrected chi connectivity index (χ1v) is 7.07. The summed E-state index contributed by atoms with van der Waals surface area (Å²) in [5.74, 6) is -0.956. The van der Waals surface area contributed by atoms with Crippen molar-refractivity contribution >= 4 is 11.8 Å². The number of halogens is 1. The Bertz CT molecular complexity index is 535. The molecule has 1 unspecified atom stereocenters. The van der Waals surface area contributed by atoms with E-state index in [0.717, 1.165) is 13.0 Å². The Labute approximate surface area is 123 Å². The lowest BCUT2D eigenvalue weighted by Crippen LogP contribution is -2.44. The average molecular weight is 293 g/mol. The second-order valence-corrected chi connectivity index (χ2v) is 5.27. The zero-order valence-electron chi connectivity index (χ0n) is 12.1. The number of nitrogens with two attached hydrogens (primary N) is 1. The highest BCUT2D eigenvalue weighted by Gasteiger charge is 2.24. The van der Waals surface area contributed by atoms with Crippen molar-refractivity contribution in [3.63, 3.8) is 0 Å². The van der Waals surface area contributed by atoms with E-state index in [9.17, 15) is 14.0 Å². The second kappa shape index (κ2) is 6.67. The van der Waals surface area contributed by atoms with E-state index in [1.54, 1.807) is 17.9 Å². The van der Waals surface area contributed by atoms with Crippen LogP contribution in [0.2, 0.25) is 0 Å². The maximum absolute atomic E-state index is 13.2. The van der Waals surface area contributed by atoms with Crippen molar-refractivity contribution in [2.75, 3.05) is 26.2 Å². The molecule has 1 aliphatic rings. The lowest BCUT2D eigenvalue weighted by atomic mass is 10.2. The molecular weight excluding hydrogens is 273 g/mol. The van der Waals surface area contributed by atoms with Gasteiger partial charge in [0.1, 0.15) is 5.82 Å².